The molecular formula is C22H28O3. The number of phenols is 1. The molecule has 0 aliphatic rings. The minimum Gasteiger partial charge on any atom is -0.508 e. The second-order valence-electron chi connectivity index (χ2n) is 7.83. The second kappa shape index (κ2) is 7.30. The Bertz CT molecular complexity index is 661. The Labute approximate surface area is 150 Å². The Morgan fingerprint density at radius 3 is 1.88 bits per heavy atom. The van der Waals surface area contributed by atoms with Gasteiger partial charge in [-0.05, 0) is 57.4 Å². The number of benzene rings is 2. The van der Waals surface area contributed by atoms with Crippen LogP contribution in [0.4, 0.5) is 0 Å². The molecule has 0 aromatic heterocycles. The molecule has 1 unspecified atom stereocenters. The maximum atomic E-state index is 12.2. The number of hydrogen-bond acceptors (Lipinski definition) is 3. The Kier molecular flexibility index (Phi) is 5.56. The van der Waals surface area contributed by atoms with Gasteiger partial charge in [-0.1, -0.05) is 48.9 Å². The van der Waals surface area contributed by atoms with Crippen LogP contribution >= 0.6 is 0 Å². The lowest BCUT2D eigenvalue weighted by Crippen LogP contribution is -2.28. The van der Waals surface area contributed by atoms with Crippen molar-refractivity contribution in [1.82, 2.24) is 0 Å². The summed E-state index contributed by atoms with van der Waals surface area (Å²) in [5.41, 5.74) is 2.60. The fourth-order valence-corrected chi connectivity index (χ4v) is 2.95. The van der Waals surface area contributed by atoms with E-state index in [1.54, 1.807) is 12.1 Å². The maximum Gasteiger partial charge on any atom is 0.306 e. The summed E-state index contributed by atoms with van der Waals surface area (Å²) >= 11 is 0. The number of aromatic hydroxyl groups is 1. The van der Waals surface area contributed by atoms with Gasteiger partial charge in [0.1, 0.15) is 11.4 Å². The summed E-state index contributed by atoms with van der Waals surface area (Å²) in [6.45, 7) is 9.83. The maximum absolute atomic E-state index is 12.2. The average molecular weight is 340 g/mol. The molecule has 0 spiro atoms. The molecule has 0 heterocycles. The molecule has 0 bridgehead atoms. The van der Waals surface area contributed by atoms with Gasteiger partial charge in [-0.3, -0.25) is 4.79 Å². The Hall–Kier alpha value is -2.29. The van der Waals surface area contributed by atoms with Gasteiger partial charge in [0.2, 0.25) is 0 Å². The van der Waals surface area contributed by atoms with Crippen LogP contribution in [0.3, 0.4) is 0 Å². The molecule has 0 aliphatic heterocycles. The van der Waals surface area contributed by atoms with Crippen LogP contribution in [-0.2, 0) is 14.9 Å². The van der Waals surface area contributed by atoms with Crippen molar-refractivity contribution >= 4 is 5.97 Å². The van der Waals surface area contributed by atoms with E-state index < -0.39 is 5.60 Å². The van der Waals surface area contributed by atoms with E-state index in [1.165, 1.54) is 5.56 Å². The molecule has 134 valence electrons. The molecule has 2 rings (SSSR count). The zero-order valence-corrected chi connectivity index (χ0v) is 15.8. The van der Waals surface area contributed by atoms with Crippen molar-refractivity contribution in [3.05, 3.63) is 65.2 Å². The predicted octanol–water partition coefficient (Wildman–Crippen LogP) is 5.13. The molecule has 0 aliphatic carbocycles. The van der Waals surface area contributed by atoms with Crippen LogP contribution in [0.2, 0.25) is 0 Å². The number of aryl methyl sites for hydroxylation is 1. The average Bonchev–Trinajstić information content (AvgIpc) is 2.52. The van der Waals surface area contributed by atoms with Gasteiger partial charge in [0, 0.05) is 11.8 Å². The van der Waals surface area contributed by atoms with Gasteiger partial charge in [0.15, 0.2) is 0 Å². The van der Waals surface area contributed by atoms with Gasteiger partial charge in [-0.25, -0.2) is 0 Å². The quantitative estimate of drug-likeness (QED) is 0.768. The van der Waals surface area contributed by atoms with E-state index in [0.717, 1.165) is 11.1 Å². The minimum absolute atomic E-state index is 0.190. The van der Waals surface area contributed by atoms with Crippen LogP contribution in [-0.4, -0.2) is 16.7 Å². The zero-order chi connectivity index (χ0) is 18.7. The molecule has 0 radical (unpaired) electrons. The topological polar surface area (TPSA) is 46.5 Å². The van der Waals surface area contributed by atoms with Crippen LogP contribution in [0.5, 0.6) is 5.75 Å². The zero-order valence-electron chi connectivity index (χ0n) is 15.8. The third-order valence-electron chi connectivity index (χ3n) is 4.44. The highest BCUT2D eigenvalue weighted by atomic mass is 16.6. The monoisotopic (exact) mass is 340 g/mol. The minimum atomic E-state index is -0.476. The number of ether oxygens (including phenoxy) is 1. The molecule has 2 aromatic carbocycles. The summed E-state index contributed by atoms with van der Waals surface area (Å²) in [7, 11) is 0. The summed E-state index contributed by atoms with van der Waals surface area (Å²) in [5.74, 6) is 0.0479. The highest BCUT2D eigenvalue weighted by Gasteiger charge is 2.30. The normalized spacial score (nSPS) is 14.0. The second-order valence-corrected chi connectivity index (χ2v) is 7.83. The van der Waals surface area contributed by atoms with Crippen molar-refractivity contribution in [2.24, 2.45) is 0 Å². The van der Waals surface area contributed by atoms with Crippen molar-refractivity contribution in [1.29, 1.82) is 0 Å². The highest BCUT2D eigenvalue weighted by Crippen LogP contribution is 2.37. The first-order valence-electron chi connectivity index (χ1n) is 8.69. The summed E-state index contributed by atoms with van der Waals surface area (Å²) in [4.78, 5) is 12.2. The molecule has 2 aromatic rings. The van der Waals surface area contributed by atoms with Gasteiger partial charge in [-0.15, -0.1) is 0 Å². The van der Waals surface area contributed by atoms with Gasteiger partial charge >= 0.3 is 5.97 Å². The third-order valence-corrected chi connectivity index (χ3v) is 4.44. The van der Waals surface area contributed by atoms with Gasteiger partial charge < -0.3 is 9.84 Å². The summed E-state index contributed by atoms with van der Waals surface area (Å²) < 4.78 is 5.46. The lowest BCUT2D eigenvalue weighted by molar-refractivity contribution is -0.155. The van der Waals surface area contributed by atoms with E-state index in [-0.39, 0.29) is 17.1 Å². The van der Waals surface area contributed by atoms with Crippen LogP contribution in [0, 0.1) is 6.92 Å². The van der Waals surface area contributed by atoms with E-state index in [0.29, 0.717) is 12.8 Å². The van der Waals surface area contributed by atoms with Crippen LogP contribution in [0.25, 0.3) is 0 Å². The third kappa shape index (κ3) is 5.09. The molecule has 0 saturated heterocycles. The van der Waals surface area contributed by atoms with E-state index in [1.807, 2.05) is 32.9 Å². The largest absolute Gasteiger partial charge is 0.508 e. The molecule has 1 N–H and O–H groups in total. The summed E-state index contributed by atoms with van der Waals surface area (Å²) in [6.07, 6.45) is 0.971. The molecule has 0 fully saturated rings. The van der Waals surface area contributed by atoms with Crippen LogP contribution < -0.4 is 0 Å². The molecule has 0 amide bonds. The van der Waals surface area contributed by atoms with Crippen LogP contribution in [0.1, 0.15) is 57.2 Å². The SMILES string of the molecule is Cc1ccc(C(C)(CCC(=O)OC(C)(C)C)c2ccc(O)cc2)cc1. The predicted molar refractivity (Wildman–Crippen MR) is 101 cm³/mol. The Morgan fingerprint density at radius 1 is 0.920 bits per heavy atom. The first-order chi connectivity index (χ1) is 11.6. The number of esters is 1. The number of carbonyl (C=O) groups excluding carboxylic acids is 1. The molecule has 3 nitrogen and oxygen atoms in total. The molecular weight excluding hydrogens is 312 g/mol. The molecule has 3 heteroatoms. The lowest BCUT2D eigenvalue weighted by atomic mass is 9.73. The van der Waals surface area contributed by atoms with E-state index in [9.17, 15) is 9.90 Å². The standard InChI is InChI=1S/C22H28O3/c1-16-6-8-17(9-7-16)22(5,18-10-12-19(23)13-11-18)15-14-20(24)25-21(2,3)4/h6-13,23H,14-15H2,1-5H3. The van der Waals surface area contributed by atoms with Crippen molar-refractivity contribution < 1.29 is 14.6 Å². The van der Waals surface area contributed by atoms with E-state index in [4.69, 9.17) is 4.74 Å². The van der Waals surface area contributed by atoms with Gasteiger partial charge in [0.05, 0.1) is 0 Å². The summed E-state index contributed by atoms with van der Waals surface area (Å²) in [6, 6.07) is 15.6. The molecule has 1 atom stereocenters. The van der Waals surface area contributed by atoms with Crippen LogP contribution in [0.15, 0.2) is 48.5 Å². The Morgan fingerprint density at radius 2 is 1.40 bits per heavy atom. The number of carbonyl (C=O) groups is 1. The highest BCUT2D eigenvalue weighted by molar-refractivity contribution is 5.70. The fourth-order valence-electron chi connectivity index (χ4n) is 2.95. The lowest BCUT2D eigenvalue weighted by Gasteiger charge is -2.31. The number of hydrogen-bond donors (Lipinski definition) is 1. The van der Waals surface area contributed by atoms with Gasteiger partial charge in [-0.2, -0.15) is 0 Å². The van der Waals surface area contributed by atoms with Crippen molar-refractivity contribution in [2.45, 2.75) is 58.5 Å². The van der Waals surface area contributed by atoms with Crippen molar-refractivity contribution in [2.75, 3.05) is 0 Å². The first-order valence-corrected chi connectivity index (χ1v) is 8.69. The summed E-state index contributed by atoms with van der Waals surface area (Å²) in [5, 5.41) is 9.60. The van der Waals surface area contributed by atoms with E-state index >= 15 is 0 Å². The first kappa shape index (κ1) is 19.0. The number of rotatable bonds is 5. The van der Waals surface area contributed by atoms with Crippen molar-refractivity contribution in [3.63, 3.8) is 0 Å². The Balaban J connectivity index is 2.30. The van der Waals surface area contributed by atoms with Crippen molar-refractivity contribution in [3.8, 4) is 5.75 Å². The smallest absolute Gasteiger partial charge is 0.306 e. The van der Waals surface area contributed by atoms with E-state index in [2.05, 4.69) is 38.1 Å². The molecule has 0 saturated carbocycles. The fraction of sp³-hybridized carbons (Fsp3) is 0.409. The number of phenolic OH excluding ortho intramolecular Hbond substituents is 1. The van der Waals surface area contributed by atoms with Gasteiger partial charge in [0.25, 0.3) is 0 Å². The molecule has 25 heavy (non-hydrogen) atoms.